The first-order valence-corrected chi connectivity index (χ1v) is 6.40. The zero-order chi connectivity index (χ0) is 13.8. The Hall–Kier alpha value is -2.18. The van der Waals surface area contributed by atoms with E-state index in [2.05, 4.69) is 33.9 Å². The first-order chi connectivity index (χ1) is 9.15. The predicted molar refractivity (Wildman–Crippen MR) is 74.1 cm³/mol. The largest absolute Gasteiger partial charge is 0.368 e. The summed E-state index contributed by atoms with van der Waals surface area (Å²) in [5.74, 6) is 1.21. The van der Waals surface area contributed by atoms with Gasteiger partial charge in [-0.05, 0) is 18.9 Å². The van der Waals surface area contributed by atoms with E-state index in [0.717, 1.165) is 12.8 Å². The minimum Gasteiger partial charge on any atom is -0.368 e. The molecule has 0 saturated carbocycles. The van der Waals surface area contributed by atoms with Gasteiger partial charge in [0, 0.05) is 25.5 Å². The maximum Gasteiger partial charge on any atom is 0.257 e. The van der Waals surface area contributed by atoms with Gasteiger partial charge >= 0.3 is 0 Å². The molecule has 0 saturated heterocycles. The quantitative estimate of drug-likeness (QED) is 0.872. The average molecular weight is 261 g/mol. The lowest BCUT2D eigenvalue weighted by Crippen LogP contribution is -2.32. The predicted octanol–water partition coefficient (Wildman–Crippen LogP) is 1.26. The fraction of sp³-hybridized carbons (Fsp3) is 0.500. The van der Waals surface area contributed by atoms with Crippen molar-refractivity contribution in [3.8, 4) is 5.95 Å². The summed E-state index contributed by atoms with van der Waals surface area (Å²) in [6.45, 7) is 4.28. The molecule has 7 heteroatoms. The van der Waals surface area contributed by atoms with Crippen LogP contribution >= 0.6 is 0 Å². The molecule has 0 unspecified atom stereocenters. The van der Waals surface area contributed by atoms with Crippen molar-refractivity contribution < 1.29 is 0 Å². The lowest BCUT2D eigenvalue weighted by atomic mass is 10.1. The lowest BCUT2D eigenvalue weighted by molar-refractivity contribution is 0.579. The Balaban J connectivity index is 2.36. The molecule has 0 fully saturated rings. The molecule has 2 rings (SSSR count). The minimum atomic E-state index is 0.202. The van der Waals surface area contributed by atoms with Crippen molar-refractivity contribution in [2.24, 2.45) is 0 Å². The standard InChI is InChI=1S/C12H19N7/c1-4-9(5-2)18(3)11-15-10(13)16-12(17-11)19-8-6-7-14-19/h6-9H,4-5H2,1-3H3,(H2,13,15,16,17). The molecule has 2 heterocycles. The molecule has 0 bridgehead atoms. The Morgan fingerprint density at radius 1 is 1.26 bits per heavy atom. The van der Waals surface area contributed by atoms with Crippen LogP contribution in [0.1, 0.15) is 26.7 Å². The van der Waals surface area contributed by atoms with E-state index in [4.69, 9.17) is 5.73 Å². The first kappa shape index (κ1) is 13.3. The van der Waals surface area contributed by atoms with Crippen LogP contribution in [-0.4, -0.2) is 37.8 Å². The second-order valence-corrected chi connectivity index (χ2v) is 4.33. The molecule has 7 nitrogen and oxygen atoms in total. The van der Waals surface area contributed by atoms with Gasteiger partial charge in [-0.3, -0.25) is 0 Å². The Morgan fingerprint density at radius 2 is 2.00 bits per heavy atom. The summed E-state index contributed by atoms with van der Waals surface area (Å²) in [5.41, 5.74) is 5.76. The van der Waals surface area contributed by atoms with Gasteiger partial charge < -0.3 is 10.6 Å². The van der Waals surface area contributed by atoms with Gasteiger partial charge in [-0.1, -0.05) is 13.8 Å². The summed E-state index contributed by atoms with van der Waals surface area (Å²) >= 11 is 0. The number of nitrogen functional groups attached to an aromatic ring is 1. The van der Waals surface area contributed by atoms with Crippen molar-refractivity contribution in [3.05, 3.63) is 18.5 Å². The van der Waals surface area contributed by atoms with Crippen molar-refractivity contribution in [2.45, 2.75) is 32.7 Å². The summed E-state index contributed by atoms with van der Waals surface area (Å²) in [6.07, 6.45) is 5.49. The highest BCUT2D eigenvalue weighted by atomic mass is 15.4. The molecule has 0 aliphatic rings. The maximum absolute atomic E-state index is 5.76. The monoisotopic (exact) mass is 261 g/mol. The molecule has 0 aromatic carbocycles. The molecule has 0 amide bonds. The third kappa shape index (κ3) is 2.81. The molecule has 0 radical (unpaired) electrons. The van der Waals surface area contributed by atoms with Crippen molar-refractivity contribution in [2.75, 3.05) is 17.7 Å². The molecule has 19 heavy (non-hydrogen) atoms. The van der Waals surface area contributed by atoms with E-state index < -0.39 is 0 Å². The normalized spacial score (nSPS) is 10.9. The topological polar surface area (TPSA) is 85.8 Å². The minimum absolute atomic E-state index is 0.202. The van der Waals surface area contributed by atoms with E-state index in [9.17, 15) is 0 Å². The van der Waals surface area contributed by atoms with Crippen molar-refractivity contribution in [1.29, 1.82) is 0 Å². The molecular formula is C12H19N7. The maximum atomic E-state index is 5.76. The van der Waals surface area contributed by atoms with Gasteiger partial charge in [0.05, 0.1) is 0 Å². The Bertz CT molecular complexity index is 519. The molecule has 2 N–H and O–H groups in total. The number of rotatable bonds is 5. The van der Waals surface area contributed by atoms with Gasteiger partial charge in [0.15, 0.2) is 0 Å². The van der Waals surface area contributed by atoms with Crippen LogP contribution in [0.15, 0.2) is 18.5 Å². The smallest absolute Gasteiger partial charge is 0.257 e. The van der Waals surface area contributed by atoms with Crippen LogP contribution in [0.25, 0.3) is 5.95 Å². The highest BCUT2D eigenvalue weighted by Gasteiger charge is 2.16. The molecule has 0 aliphatic heterocycles. The first-order valence-electron chi connectivity index (χ1n) is 6.40. The summed E-state index contributed by atoms with van der Waals surface area (Å²) in [5, 5.41) is 4.10. The molecule has 2 aromatic heterocycles. The van der Waals surface area contributed by atoms with Gasteiger partial charge in [0.2, 0.25) is 11.9 Å². The number of hydrogen-bond donors (Lipinski definition) is 1. The van der Waals surface area contributed by atoms with E-state index in [1.165, 1.54) is 0 Å². The number of nitrogens with two attached hydrogens (primary N) is 1. The number of aromatic nitrogens is 5. The van der Waals surface area contributed by atoms with Gasteiger partial charge in [-0.25, -0.2) is 4.68 Å². The van der Waals surface area contributed by atoms with E-state index in [0.29, 0.717) is 17.9 Å². The third-order valence-electron chi connectivity index (χ3n) is 3.14. The number of hydrogen-bond acceptors (Lipinski definition) is 6. The highest BCUT2D eigenvalue weighted by molar-refractivity contribution is 5.37. The van der Waals surface area contributed by atoms with Gasteiger partial charge in [0.25, 0.3) is 5.95 Å². The van der Waals surface area contributed by atoms with Gasteiger partial charge in [-0.15, -0.1) is 0 Å². The van der Waals surface area contributed by atoms with Crippen LogP contribution < -0.4 is 10.6 Å². The summed E-state index contributed by atoms with van der Waals surface area (Å²) in [6, 6.07) is 2.19. The fourth-order valence-corrected chi connectivity index (χ4v) is 2.02. The van der Waals surface area contributed by atoms with E-state index >= 15 is 0 Å². The zero-order valence-electron chi connectivity index (χ0n) is 11.5. The summed E-state index contributed by atoms with van der Waals surface area (Å²) < 4.78 is 1.57. The SMILES string of the molecule is CCC(CC)N(C)c1nc(N)nc(-n2cccn2)n1. The Labute approximate surface area is 112 Å². The summed E-state index contributed by atoms with van der Waals surface area (Å²) in [7, 11) is 1.97. The van der Waals surface area contributed by atoms with Crippen LogP contribution in [0.5, 0.6) is 0 Å². The van der Waals surface area contributed by atoms with Crippen LogP contribution in [0, 0.1) is 0 Å². The van der Waals surface area contributed by atoms with Crippen molar-refractivity contribution in [1.82, 2.24) is 24.7 Å². The van der Waals surface area contributed by atoms with Gasteiger partial charge in [0.1, 0.15) is 0 Å². The van der Waals surface area contributed by atoms with E-state index in [1.807, 2.05) is 18.0 Å². The second kappa shape index (κ2) is 5.64. The molecular weight excluding hydrogens is 242 g/mol. The molecule has 0 aliphatic carbocycles. The third-order valence-corrected chi connectivity index (χ3v) is 3.14. The van der Waals surface area contributed by atoms with Crippen LogP contribution in [0.3, 0.4) is 0 Å². The number of nitrogens with zero attached hydrogens (tertiary/aromatic N) is 6. The summed E-state index contributed by atoms with van der Waals surface area (Å²) in [4.78, 5) is 14.7. The number of anilines is 2. The van der Waals surface area contributed by atoms with E-state index in [1.54, 1.807) is 17.1 Å². The lowest BCUT2D eigenvalue weighted by Gasteiger charge is -2.26. The highest BCUT2D eigenvalue weighted by Crippen LogP contribution is 2.15. The van der Waals surface area contributed by atoms with E-state index in [-0.39, 0.29) is 5.95 Å². The second-order valence-electron chi connectivity index (χ2n) is 4.33. The van der Waals surface area contributed by atoms with Crippen LogP contribution in [0.4, 0.5) is 11.9 Å². The molecule has 102 valence electrons. The van der Waals surface area contributed by atoms with Crippen molar-refractivity contribution >= 4 is 11.9 Å². The average Bonchev–Trinajstić information content (AvgIpc) is 2.93. The fourth-order valence-electron chi connectivity index (χ4n) is 2.02. The van der Waals surface area contributed by atoms with Crippen LogP contribution in [-0.2, 0) is 0 Å². The molecule has 0 spiro atoms. The zero-order valence-corrected chi connectivity index (χ0v) is 11.5. The Morgan fingerprint density at radius 3 is 2.58 bits per heavy atom. The molecule has 0 atom stereocenters. The van der Waals surface area contributed by atoms with Crippen molar-refractivity contribution in [3.63, 3.8) is 0 Å². The van der Waals surface area contributed by atoms with Gasteiger partial charge in [-0.2, -0.15) is 20.1 Å². The Kier molecular flexibility index (Phi) is 3.94. The molecule has 2 aromatic rings. The van der Waals surface area contributed by atoms with Crippen LogP contribution in [0.2, 0.25) is 0 Å².